The number of fused-ring (bicyclic) bond motifs is 1. The van der Waals surface area contributed by atoms with Gasteiger partial charge in [0.05, 0.1) is 23.0 Å². The maximum absolute atomic E-state index is 8.10. The van der Waals surface area contributed by atoms with Crippen LogP contribution < -0.4 is 0 Å². The van der Waals surface area contributed by atoms with E-state index in [1.165, 1.54) is 0 Å². The van der Waals surface area contributed by atoms with Crippen LogP contribution in [-0.2, 0) is 6.54 Å². The van der Waals surface area contributed by atoms with Crippen molar-refractivity contribution in [2.75, 3.05) is 0 Å². The molecule has 1 N–H and O–H groups in total. The van der Waals surface area contributed by atoms with Gasteiger partial charge < -0.3 is 0 Å². The molecule has 0 atom stereocenters. The molecule has 2 heterocycles. The molecule has 0 aromatic carbocycles. The van der Waals surface area contributed by atoms with Gasteiger partial charge in [-0.2, -0.15) is 5.10 Å². The van der Waals surface area contributed by atoms with Crippen LogP contribution in [0.15, 0.2) is 17.4 Å². The van der Waals surface area contributed by atoms with Gasteiger partial charge in [0.15, 0.2) is 0 Å². The molecule has 0 aliphatic heterocycles. The Morgan fingerprint density at radius 2 is 2.67 bits per heavy atom. The Kier molecular flexibility index (Phi) is 1.69. The maximum atomic E-state index is 8.10. The number of hydrogen-bond acceptors (Lipinski definition) is 3. The summed E-state index contributed by atoms with van der Waals surface area (Å²) in [6.07, 6.45) is 1.76. The van der Waals surface area contributed by atoms with Crippen LogP contribution in [0.5, 0.6) is 0 Å². The Hall–Kier alpha value is -1.52. The summed E-state index contributed by atoms with van der Waals surface area (Å²) in [4.78, 5) is 3.74. The van der Waals surface area contributed by atoms with Crippen LogP contribution >= 0.6 is 11.3 Å². The van der Waals surface area contributed by atoms with E-state index < -0.39 is 0 Å². The van der Waals surface area contributed by atoms with Crippen molar-refractivity contribution >= 4 is 21.6 Å². The quantitative estimate of drug-likeness (QED) is 0.429. The third kappa shape index (κ3) is 1.13. The van der Waals surface area contributed by atoms with Crippen molar-refractivity contribution in [1.29, 1.82) is 0 Å². The lowest BCUT2D eigenvalue weighted by Gasteiger charge is -1.81. The van der Waals surface area contributed by atoms with Crippen LogP contribution in [0.2, 0.25) is 0 Å². The first kappa shape index (κ1) is 7.15. The highest BCUT2D eigenvalue weighted by Crippen LogP contribution is 2.23. The van der Waals surface area contributed by atoms with Gasteiger partial charge in [-0.15, -0.1) is 11.3 Å². The molecule has 60 valence electrons. The molecule has 6 heteroatoms. The minimum Gasteiger partial charge on any atom is -0.277 e. The lowest BCUT2D eigenvalue weighted by molar-refractivity contribution is 1.07. The van der Waals surface area contributed by atoms with E-state index in [0.29, 0.717) is 6.54 Å². The summed E-state index contributed by atoms with van der Waals surface area (Å²) in [7, 11) is 0. The van der Waals surface area contributed by atoms with Crippen LogP contribution in [0, 0.1) is 0 Å². The maximum Gasteiger partial charge on any atom is 0.0761 e. The average molecular weight is 179 g/mol. The molecule has 0 bridgehead atoms. The van der Waals surface area contributed by atoms with Crippen LogP contribution in [-0.4, -0.2) is 10.2 Å². The smallest absolute Gasteiger partial charge is 0.0761 e. The Morgan fingerprint density at radius 1 is 1.75 bits per heavy atom. The summed E-state index contributed by atoms with van der Waals surface area (Å²) in [6, 6.07) is 1.95. The standard InChI is InChI=1S/C6H5N5S/c7-11-9-2-4-1-5-6(12-4)3-8-10-5/h1,3H,2H2,(H,8,10). The SMILES string of the molecule is [N-]=[N+]=NCc1cc2[nH]ncc2s1. The second-order valence-electron chi connectivity index (χ2n) is 2.25. The Labute approximate surface area is 71.6 Å². The third-order valence-corrected chi connectivity index (χ3v) is 2.52. The van der Waals surface area contributed by atoms with Gasteiger partial charge in [-0.3, -0.25) is 5.10 Å². The summed E-state index contributed by atoms with van der Waals surface area (Å²) in [5.41, 5.74) is 9.10. The normalized spacial score (nSPS) is 10.0. The van der Waals surface area contributed by atoms with Crippen molar-refractivity contribution in [2.24, 2.45) is 5.11 Å². The Bertz CT molecular complexity index is 407. The zero-order valence-electron chi connectivity index (χ0n) is 6.06. The zero-order chi connectivity index (χ0) is 8.39. The molecule has 0 unspecified atom stereocenters. The number of aromatic amines is 1. The predicted octanol–water partition coefficient (Wildman–Crippen LogP) is 2.43. The van der Waals surface area contributed by atoms with Crippen LogP contribution in [0.4, 0.5) is 0 Å². The second kappa shape index (κ2) is 2.84. The molecule has 0 saturated heterocycles. The van der Waals surface area contributed by atoms with Crippen molar-refractivity contribution < 1.29 is 0 Å². The summed E-state index contributed by atoms with van der Waals surface area (Å²) in [6.45, 7) is 0.420. The lowest BCUT2D eigenvalue weighted by Crippen LogP contribution is -1.69. The highest BCUT2D eigenvalue weighted by atomic mass is 32.1. The van der Waals surface area contributed by atoms with E-state index >= 15 is 0 Å². The summed E-state index contributed by atoms with van der Waals surface area (Å²) in [5, 5.41) is 10.2. The number of hydrogen-bond donors (Lipinski definition) is 1. The number of rotatable bonds is 2. The highest BCUT2D eigenvalue weighted by Gasteiger charge is 2.00. The fourth-order valence-electron chi connectivity index (χ4n) is 0.981. The zero-order valence-corrected chi connectivity index (χ0v) is 6.88. The van der Waals surface area contributed by atoms with E-state index in [2.05, 4.69) is 20.2 Å². The van der Waals surface area contributed by atoms with Gasteiger partial charge in [0.25, 0.3) is 0 Å². The van der Waals surface area contributed by atoms with Crippen molar-refractivity contribution in [3.8, 4) is 0 Å². The first-order valence-corrected chi connectivity index (χ1v) is 4.14. The summed E-state index contributed by atoms with van der Waals surface area (Å²) >= 11 is 1.59. The minimum absolute atomic E-state index is 0.420. The van der Waals surface area contributed by atoms with Crippen molar-refractivity contribution in [2.45, 2.75) is 6.54 Å². The molecule has 0 radical (unpaired) electrons. The molecule has 0 amide bonds. The fourth-order valence-corrected chi connectivity index (χ4v) is 1.88. The fraction of sp³-hybridized carbons (Fsp3) is 0.167. The minimum atomic E-state index is 0.420. The van der Waals surface area contributed by atoms with Gasteiger partial charge >= 0.3 is 0 Å². The molecule has 0 saturated carbocycles. The number of aromatic nitrogens is 2. The average Bonchev–Trinajstić information content (AvgIpc) is 2.58. The monoisotopic (exact) mass is 179 g/mol. The summed E-state index contributed by atoms with van der Waals surface area (Å²) in [5.74, 6) is 0. The number of nitrogens with one attached hydrogen (secondary N) is 1. The van der Waals surface area contributed by atoms with E-state index in [9.17, 15) is 0 Å². The van der Waals surface area contributed by atoms with Crippen LogP contribution in [0.1, 0.15) is 4.88 Å². The largest absolute Gasteiger partial charge is 0.277 e. The number of nitrogens with zero attached hydrogens (tertiary/aromatic N) is 4. The number of H-pyrrole nitrogens is 1. The van der Waals surface area contributed by atoms with Crippen LogP contribution in [0.3, 0.4) is 0 Å². The molecule has 0 fully saturated rings. The molecule has 12 heavy (non-hydrogen) atoms. The van der Waals surface area contributed by atoms with Crippen LogP contribution in [0.25, 0.3) is 20.7 Å². The van der Waals surface area contributed by atoms with Gasteiger partial charge in [0.1, 0.15) is 0 Å². The van der Waals surface area contributed by atoms with Crippen molar-refractivity contribution in [1.82, 2.24) is 10.2 Å². The van der Waals surface area contributed by atoms with Gasteiger partial charge in [0.2, 0.25) is 0 Å². The Balaban J connectivity index is 2.37. The van der Waals surface area contributed by atoms with E-state index in [1.807, 2.05) is 6.07 Å². The molecular weight excluding hydrogens is 174 g/mol. The molecule has 0 aliphatic carbocycles. The van der Waals surface area contributed by atoms with Gasteiger partial charge in [-0.25, -0.2) is 0 Å². The van der Waals surface area contributed by atoms with Crippen molar-refractivity contribution in [3.05, 3.63) is 27.6 Å². The lowest BCUT2D eigenvalue weighted by atomic mass is 10.4. The molecular formula is C6H5N5S. The van der Waals surface area contributed by atoms with Gasteiger partial charge in [-0.1, -0.05) is 5.11 Å². The predicted molar refractivity (Wildman–Crippen MR) is 46.8 cm³/mol. The van der Waals surface area contributed by atoms with E-state index in [0.717, 1.165) is 15.1 Å². The molecule has 5 nitrogen and oxygen atoms in total. The summed E-state index contributed by atoms with van der Waals surface area (Å²) < 4.78 is 1.10. The van der Waals surface area contributed by atoms with E-state index in [-0.39, 0.29) is 0 Å². The molecule has 0 aliphatic rings. The first-order chi connectivity index (χ1) is 5.90. The first-order valence-electron chi connectivity index (χ1n) is 3.33. The number of thiophene rings is 1. The Morgan fingerprint density at radius 3 is 3.42 bits per heavy atom. The molecule has 2 rings (SSSR count). The highest BCUT2D eigenvalue weighted by molar-refractivity contribution is 7.19. The molecule has 0 spiro atoms. The van der Waals surface area contributed by atoms with Crippen molar-refractivity contribution in [3.63, 3.8) is 0 Å². The number of azide groups is 1. The second-order valence-corrected chi connectivity index (χ2v) is 3.42. The van der Waals surface area contributed by atoms with Gasteiger partial charge in [-0.05, 0) is 11.6 Å². The van der Waals surface area contributed by atoms with E-state index in [1.54, 1.807) is 17.5 Å². The topological polar surface area (TPSA) is 77.4 Å². The van der Waals surface area contributed by atoms with E-state index in [4.69, 9.17) is 5.53 Å². The third-order valence-electron chi connectivity index (χ3n) is 1.47. The van der Waals surface area contributed by atoms with Gasteiger partial charge in [0, 0.05) is 9.79 Å². The molecule has 2 aromatic rings. The molecule has 2 aromatic heterocycles.